The van der Waals surface area contributed by atoms with Gasteiger partial charge in [0, 0.05) is 0 Å². The van der Waals surface area contributed by atoms with Gasteiger partial charge in [0.2, 0.25) is 0 Å². The van der Waals surface area contributed by atoms with Crippen molar-refractivity contribution in [2.45, 2.75) is 54.4 Å². The third kappa shape index (κ3) is 2.48. The van der Waals surface area contributed by atoms with Crippen LogP contribution in [0.4, 0.5) is 0 Å². The quantitative estimate of drug-likeness (QED) is 0.522. The minimum Gasteiger partial charge on any atom is -0.0625 e. The van der Waals surface area contributed by atoms with E-state index in [0.717, 1.165) is 23.7 Å². The Bertz CT molecular complexity index is 163. The molecule has 4 atom stereocenters. The fraction of sp³-hybridized carbons (Fsp3) is 1.00. The van der Waals surface area contributed by atoms with E-state index in [4.69, 9.17) is 0 Å². The summed E-state index contributed by atoms with van der Waals surface area (Å²) >= 11 is 0. The van der Waals surface area contributed by atoms with Gasteiger partial charge in [0.1, 0.15) is 0 Å². The fourth-order valence-corrected chi connectivity index (χ4v) is 3.13. The van der Waals surface area contributed by atoms with Gasteiger partial charge in [-0.15, -0.1) is 0 Å². The standard InChI is InChI=1S/C13H26/c1-9-7-10(2)11(3)12(8-9)13(4,5)6/h9-12H,7-8H2,1-6H3. The summed E-state index contributed by atoms with van der Waals surface area (Å²) in [6, 6.07) is 0. The van der Waals surface area contributed by atoms with E-state index in [1.807, 2.05) is 0 Å². The molecule has 1 saturated carbocycles. The highest BCUT2D eigenvalue weighted by atomic mass is 14.4. The molecule has 13 heavy (non-hydrogen) atoms. The van der Waals surface area contributed by atoms with E-state index in [1.165, 1.54) is 12.8 Å². The molecule has 1 aliphatic carbocycles. The van der Waals surface area contributed by atoms with Gasteiger partial charge in [0.15, 0.2) is 0 Å². The van der Waals surface area contributed by atoms with Crippen molar-refractivity contribution in [2.24, 2.45) is 29.1 Å². The van der Waals surface area contributed by atoms with Crippen molar-refractivity contribution >= 4 is 0 Å². The fourth-order valence-electron chi connectivity index (χ4n) is 3.13. The molecule has 0 aromatic carbocycles. The number of rotatable bonds is 0. The van der Waals surface area contributed by atoms with Crippen molar-refractivity contribution in [3.05, 3.63) is 0 Å². The van der Waals surface area contributed by atoms with E-state index in [2.05, 4.69) is 41.5 Å². The zero-order chi connectivity index (χ0) is 10.2. The molecule has 0 nitrogen and oxygen atoms in total. The van der Waals surface area contributed by atoms with Gasteiger partial charge >= 0.3 is 0 Å². The van der Waals surface area contributed by atoms with E-state index < -0.39 is 0 Å². The molecule has 1 aliphatic rings. The first kappa shape index (κ1) is 11.1. The molecule has 0 bridgehead atoms. The average molecular weight is 182 g/mol. The zero-order valence-corrected chi connectivity index (χ0v) is 10.2. The lowest BCUT2D eigenvalue weighted by Crippen LogP contribution is -2.36. The summed E-state index contributed by atoms with van der Waals surface area (Å²) in [5, 5.41) is 0. The molecule has 1 fully saturated rings. The monoisotopic (exact) mass is 182 g/mol. The van der Waals surface area contributed by atoms with Crippen LogP contribution in [-0.2, 0) is 0 Å². The normalized spacial score (nSPS) is 42.0. The molecule has 0 heteroatoms. The molecule has 0 radical (unpaired) electrons. The Morgan fingerprint density at radius 1 is 0.923 bits per heavy atom. The molecule has 0 aromatic rings. The van der Waals surface area contributed by atoms with Crippen molar-refractivity contribution in [2.75, 3.05) is 0 Å². The molecule has 0 aliphatic heterocycles. The van der Waals surface area contributed by atoms with Crippen LogP contribution >= 0.6 is 0 Å². The van der Waals surface area contributed by atoms with Gasteiger partial charge in [-0.2, -0.15) is 0 Å². The molecular formula is C13H26. The highest BCUT2D eigenvalue weighted by Gasteiger charge is 2.37. The van der Waals surface area contributed by atoms with Crippen LogP contribution in [0.25, 0.3) is 0 Å². The predicted molar refractivity (Wildman–Crippen MR) is 59.7 cm³/mol. The Kier molecular flexibility index (Phi) is 3.09. The summed E-state index contributed by atoms with van der Waals surface area (Å²) in [5.41, 5.74) is 0.502. The van der Waals surface area contributed by atoms with Crippen LogP contribution < -0.4 is 0 Å². The first-order valence-corrected chi connectivity index (χ1v) is 5.82. The first-order chi connectivity index (χ1) is 5.82. The molecule has 0 heterocycles. The second kappa shape index (κ2) is 3.63. The molecule has 0 amide bonds. The lowest BCUT2D eigenvalue weighted by molar-refractivity contribution is 0.0523. The second-order valence-corrected chi connectivity index (χ2v) is 6.39. The Hall–Kier alpha value is 0. The first-order valence-electron chi connectivity index (χ1n) is 5.82. The zero-order valence-electron chi connectivity index (χ0n) is 10.2. The SMILES string of the molecule is CC1CC(C)C(C)C(C(C)(C)C)C1. The highest BCUT2D eigenvalue weighted by molar-refractivity contribution is 4.86. The third-order valence-electron chi connectivity index (χ3n) is 4.08. The maximum Gasteiger partial charge on any atom is -0.0335 e. The van der Waals surface area contributed by atoms with Gasteiger partial charge in [0.25, 0.3) is 0 Å². The van der Waals surface area contributed by atoms with Gasteiger partial charge in [-0.1, -0.05) is 41.5 Å². The van der Waals surface area contributed by atoms with Crippen LogP contribution in [0.2, 0.25) is 0 Å². The van der Waals surface area contributed by atoms with Crippen LogP contribution in [0.1, 0.15) is 54.4 Å². The minimum atomic E-state index is 0.502. The molecule has 0 spiro atoms. The highest BCUT2D eigenvalue weighted by Crippen LogP contribution is 2.45. The second-order valence-electron chi connectivity index (χ2n) is 6.39. The van der Waals surface area contributed by atoms with Crippen LogP contribution in [0, 0.1) is 29.1 Å². The molecule has 78 valence electrons. The summed E-state index contributed by atoms with van der Waals surface area (Å²) in [4.78, 5) is 0. The Balaban J connectivity index is 2.72. The van der Waals surface area contributed by atoms with E-state index in [-0.39, 0.29) is 0 Å². The van der Waals surface area contributed by atoms with Crippen LogP contribution in [0.5, 0.6) is 0 Å². The summed E-state index contributed by atoms with van der Waals surface area (Å²) in [6.07, 6.45) is 2.88. The summed E-state index contributed by atoms with van der Waals surface area (Å²) in [5.74, 6) is 3.70. The van der Waals surface area contributed by atoms with Gasteiger partial charge < -0.3 is 0 Å². The van der Waals surface area contributed by atoms with Crippen LogP contribution in [-0.4, -0.2) is 0 Å². The van der Waals surface area contributed by atoms with Crippen molar-refractivity contribution in [1.82, 2.24) is 0 Å². The summed E-state index contributed by atoms with van der Waals surface area (Å²) in [6.45, 7) is 14.5. The minimum absolute atomic E-state index is 0.502. The molecule has 0 saturated heterocycles. The van der Waals surface area contributed by atoms with Gasteiger partial charge in [-0.3, -0.25) is 0 Å². The summed E-state index contributed by atoms with van der Waals surface area (Å²) < 4.78 is 0. The largest absolute Gasteiger partial charge is 0.0625 e. The van der Waals surface area contributed by atoms with Crippen molar-refractivity contribution in [3.63, 3.8) is 0 Å². The molecule has 4 unspecified atom stereocenters. The number of hydrogen-bond donors (Lipinski definition) is 0. The smallest absolute Gasteiger partial charge is 0.0335 e. The van der Waals surface area contributed by atoms with E-state index in [1.54, 1.807) is 0 Å². The van der Waals surface area contributed by atoms with Crippen LogP contribution in [0.3, 0.4) is 0 Å². The average Bonchev–Trinajstić information content (AvgIpc) is 1.94. The third-order valence-corrected chi connectivity index (χ3v) is 4.08. The topological polar surface area (TPSA) is 0 Å². The lowest BCUT2D eigenvalue weighted by Gasteiger charge is -2.44. The molecular weight excluding hydrogens is 156 g/mol. The van der Waals surface area contributed by atoms with E-state index in [9.17, 15) is 0 Å². The predicted octanol–water partition coefficient (Wildman–Crippen LogP) is 4.35. The maximum atomic E-state index is 2.45. The Morgan fingerprint density at radius 2 is 1.46 bits per heavy atom. The Labute approximate surface area is 84.1 Å². The van der Waals surface area contributed by atoms with E-state index >= 15 is 0 Å². The van der Waals surface area contributed by atoms with Crippen molar-refractivity contribution in [1.29, 1.82) is 0 Å². The van der Waals surface area contributed by atoms with Crippen molar-refractivity contribution in [3.8, 4) is 0 Å². The van der Waals surface area contributed by atoms with Crippen LogP contribution in [0.15, 0.2) is 0 Å². The lowest BCUT2D eigenvalue weighted by atomic mass is 9.61. The van der Waals surface area contributed by atoms with Gasteiger partial charge in [-0.25, -0.2) is 0 Å². The number of hydrogen-bond acceptors (Lipinski definition) is 0. The molecule has 0 N–H and O–H groups in total. The maximum absolute atomic E-state index is 2.45. The van der Waals surface area contributed by atoms with E-state index in [0.29, 0.717) is 5.41 Å². The Morgan fingerprint density at radius 3 is 1.92 bits per heavy atom. The van der Waals surface area contributed by atoms with Crippen molar-refractivity contribution < 1.29 is 0 Å². The van der Waals surface area contributed by atoms with Gasteiger partial charge in [0.05, 0.1) is 0 Å². The van der Waals surface area contributed by atoms with Gasteiger partial charge in [-0.05, 0) is 41.9 Å². The molecule has 1 rings (SSSR count). The summed E-state index contributed by atoms with van der Waals surface area (Å²) in [7, 11) is 0. The molecule has 0 aromatic heterocycles.